The molecule has 19 heavy (non-hydrogen) atoms. The van der Waals surface area contributed by atoms with Crippen LogP contribution >= 0.6 is 0 Å². The number of fused-ring (bicyclic) bond motifs is 1. The zero-order valence-corrected chi connectivity index (χ0v) is 11.5. The highest BCUT2D eigenvalue weighted by molar-refractivity contribution is 7.91. The topological polar surface area (TPSA) is 46.2 Å². The Morgan fingerprint density at radius 1 is 1.32 bits per heavy atom. The van der Waals surface area contributed by atoms with E-state index in [1.807, 2.05) is 6.07 Å². The molecule has 3 rings (SSSR count). The molecule has 0 amide bonds. The number of halogens is 1. The van der Waals surface area contributed by atoms with Crippen molar-refractivity contribution in [2.75, 3.05) is 18.1 Å². The molecule has 2 aliphatic rings. The smallest absolute Gasteiger partial charge is 0.150 e. The van der Waals surface area contributed by atoms with Crippen molar-refractivity contribution in [2.24, 2.45) is 5.92 Å². The summed E-state index contributed by atoms with van der Waals surface area (Å²) < 4.78 is 35.9. The van der Waals surface area contributed by atoms with Gasteiger partial charge < -0.3 is 5.32 Å². The fourth-order valence-corrected chi connectivity index (χ4v) is 5.00. The number of nitrogens with one attached hydrogen (secondary N) is 1. The third-order valence-corrected chi connectivity index (χ3v) is 6.00. The van der Waals surface area contributed by atoms with E-state index in [0.29, 0.717) is 11.5 Å². The number of aryl methyl sites for hydroxylation is 1. The third-order valence-electron chi connectivity index (χ3n) is 4.16. The molecule has 0 spiro atoms. The maximum absolute atomic E-state index is 13.1. The van der Waals surface area contributed by atoms with Gasteiger partial charge in [0, 0.05) is 6.04 Å². The second-order valence-corrected chi connectivity index (χ2v) is 7.84. The van der Waals surface area contributed by atoms with Crippen molar-refractivity contribution >= 4 is 9.84 Å². The van der Waals surface area contributed by atoms with Gasteiger partial charge in [-0.05, 0) is 55.0 Å². The predicted octanol–water partition coefficient (Wildman–Crippen LogP) is 1.84. The van der Waals surface area contributed by atoms with Gasteiger partial charge in [0.15, 0.2) is 9.84 Å². The zero-order valence-electron chi connectivity index (χ0n) is 10.7. The normalized spacial score (nSPS) is 28.5. The van der Waals surface area contributed by atoms with Gasteiger partial charge in [-0.3, -0.25) is 0 Å². The number of hydrogen-bond donors (Lipinski definition) is 1. The van der Waals surface area contributed by atoms with Crippen LogP contribution in [0.1, 0.15) is 30.0 Å². The van der Waals surface area contributed by atoms with E-state index in [1.165, 1.54) is 11.6 Å². The fourth-order valence-electron chi connectivity index (χ4n) is 3.14. The quantitative estimate of drug-likeness (QED) is 0.920. The summed E-state index contributed by atoms with van der Waals surface area (Å²) in [6.07, 6.45) is 2.63. The van der Waals surface area contributed by atoms with Gasteiger partial charge in [0.2, 0.25) is 0 Å². The Morgan fingerprint density at radius 2 is 2.16 bits per heavy atom. The first-order chi connectivity index (χ1) is 9.03. The summed E-state index contributed by atoms with van der Waals surface area (Å²) in [6, 6.07) is 5.20. The highest BCUT2D eigenvalue weighted by Gasteiger charge is 2.29. The highest BCUT2D eigenvalue weighted by Crippen LogP contribution is 2.32. The van der Waals surface area contributed by atoms with Gasteiger partial charge in [0.1, 0.15) is 5.82 Å². The zero-order chi connectivity index (χ0) is 13.5. The van der Waals surface area contributed by atoms with Crippen LogP contribution < -0.4 is 5.32 Å². The molecule has 0 radical (unpaired) electrons. The monoisotopic (exact) mass is 283 g/mol. The van der Waals surface area contributed by atoms with Crippen molar-refractivity contribution in [1.29, 1.82) is 0 Å². The lowest BCUT2D eigenvalue weighted by Crippen LogP contribution is -2.26. The average Bonchev–Trinajstić information content (AvgIpc) is 2.89. The number of rotatable bonds is 3. The van der Waals surface area contributed by atoms with Crippen LogP contribution in [0.5, 0.6) is 0 Å². The molecule has 0 bridgehead atoms. The molecule has 5 heteroatoms. The standard InChI is InChI=1S/C14H18FNO2S/c15-12-2-3-13-11(7-12)1-4-14(13)16-8-10-5-6-19(17,18)9-10/h2-3,7,10,14,16H,1,4-6,8-9H2. The molecule has 1 aromatic carbocycles. The Hall–Kier alpha value is -0.940. The van der Waals surface area contributed by atoms with Crippen LogP contribution in [-0.4, -0.2) is 26.5 Å². The van der Waals surface area contributed by atoms with Crippen molar-refractivity contribution < 1.29 is 12.8 Å². The summed E-state index contributed by atoms with van der Waals surface area (Å²) in [5.74, 6) is 0.685. The molecule has 1 saturated heterocycles. The van der Waals surface area contributed by atoms with E-state index in [1.54, 1.807) is 6.07 Å². The minimum atomic E-state index is -2.80. The Labute approximate surface area is 113 Å². The van der Waals surface area contributed by atoms with Gasteiger partial charge in [-0.25, -0.2) is 12.8 Å². The first-order valence-electron chi connectivity index (χ1n) is 6.76. The van der Waals surface area contributed by atoms with Gasteiger partial charge in [0.05, 0.1) is 11.5 Å². The second kappa shape index (κ2) is 4.87. The molecule has 0 aromatic heterocycles. The summed E-state index contributed by atoms with van der Waals surface area (Å²) in [6.45, 7) is 0.737. The summed E-state index contributed by atoms with van der Waals surface area (Å²) >= 11 is 0. The molecule has 104 valence electrons. The van der Waals surface area contributed by atoms with Gasteiger partial charge in [-0.15, -0.1) is 0 Å². The Bertz CT molecular complexity index is 585. The van der Waals surface area contributed by atoms with Crippen molar-refractivity contribution in [3.8, 4) is 0 Å². The number of sulfone groups is 1. The van der Waals surface area contributed by atoms with Gasteiger partial charge >= 0.3 is 0 Å². The summed E-state index contributed by atoms with van der Waals surface area (Å²) in [5, 5.41) is 3.45. The summed E-state index contributed by atoms with van der Waals surface area (Å²) in [5.41, 5.74) is 2.25. The molecule has 1 aliphatic carbocycles. The largest absolute Gasteiger partial charge is 0.310 e. The molecular formula is C14H18FNO2S. The lowest BCUT2D eigenvalue weighted by Gasteiger charge is -2.16. The number of hydrogen-bond acceptors (Lipinski definition) is 3. The van der Waals surface area contributed by atoms with Crippen molar-refractivity contribution in [3.63, 3.8) is 0 Å². The van der Waals surface area contributed by atoms with Crippen LogP contribution in [0.25, 0.3) is 0 Å². The Balaban J connectivity index is 1.61. The molecule has 0 saturated carbocycles. The maximum Gasteiger partial charge on any atom is 0.150 e. The van der Waals surface area contributed by atoms with Crippen LogP contribution in [0.3, 0.4) is 0 Å². The van der Waals surface area contributed by atoms with Crippen LogP contribution in [0.15, 0.2) is 18.2 Å². The van der Waals surface area contributed by atoms with E-state index >= 15 is 0 Å². The van der Waals surface area contributed by atoms with Crippen molar-refractivity contribution in [2.45, 2.75) is 25.3 Å². The van der Waals surface area contributed by atoms with E-state index in [-0.39, 0.29) is 17.8 Å². The summed E-state index contributed by atoms with van der Waals surface area (Å²) in [4.78, 5) is 0. The van der Waals surface area contributed by atoms with Crippen LogP contribution in [0.2, 0.25) is 0 Å². The van der Waals surface area contributed by atoms with E-state index < -0.39 is 9.84 Å². The Morgan fingerprint density at radius 3 is 2.89 bits per heavy atom. The SMILES string of the molecule is O=S1(=O)CCC(CNC2CCc3cc(F)ccc32)C1. The molecule has 1 N–H and O–H groups in total. The Kier molecular flexibility index (Phi) is 3.35. The van der Waals surface area contributed by atoms with Gasteiger partial charge in [0.25, 0.3) is 0 Å². The van der Waals surface area contributed by atoms with Crippen LogP contribution in [0.4, 0.5) is 4.39 Å². The van der Waals surface area contributed by atoms with Gasteiger partial charge in [-0.2, -0.15) is 0 Å². The second-order valence-electron chi connectivity index (χ2n) is 5.61. The molecule has 1 aromatic rings. The number of benzene rings is 1. The maximum atomic E-state index is 13.1. The van der Waals surface area contributed by atoms with Crippen molar-refractivity contribution in [3.05, 3.63) is 35.1 Å². The van der Waals surface area contributed by atoms with E-state index in [2.05, 4.69) is 5.32 Å². The van der Waals surface area contributed by atoms with Crippen LogP contribution in [0, 0.1) is 11.7 Å². The first-order valence-corrected chi connectivity index (χ1v) is 8.58. The highest BCUT2D eigenvalue weighted by atomic mass is 32.2. The predicted molar refractivity (Wildman–Crippen MR) is 72.2 cm³/mol. The minimum Gasteiger partial charge on any atom is -0.310 e. The molecule has 2 atom stereocenters. The lowest BCUT2D eigenvalue weighted by atomic mass is 10.1. The van der Waals surface area contributed by atoms with Crippen molar-refractivity contribution in [1.82, 2.24) is 5.32 Å². The molecule has 1 heterocycles. The molecule has 2 unspecified atom stereocenters. The van der Waals surface area contributed by atoms with E-state index in [4.69, 9.17) is 0 Å². The molecule has 1 fully saturated rings. The van der Waals surface area contributed by atoms with E-state index in [0.717, 1.165) is 31.4 Å². The lowest BCUT2D eigenvalue weighted by molar-refractivity contribution is 0.456. The van der Waals surface area contributed by atoms with Gasteiger partial charge in [-0.1, -0.05) is 6.07 Å². The van der Waals surface area contributed by atoms with E-state index in [9.17, 15) is 12.8 Å². The minimum absolute atomic E-state index is 0.179. The first kappa shape index (κ1) is 13.1. The fraction of sp³-hybridized carbons (Fsp3) is 0.571. The van der Waals surface area contributed by atoms with Crippen LogP contribution in [-0.2, 0) is 16.3 Å². The molecular weight excluding hydrogens is 265 g/mol. The average molecular weight is 283 g/mol. The third kappa shape index (κ3) is 2.82. The molecule has 1 aliphatic heterocycles. The summed E-state index contributed by atoms with van der Waals surface area (Å²) in [7, 11) is -2.80. The molecule has 3 nitrogen and oxygen atoms in total.